The Bertz CT molecular complexity index is 1080. The van der Waals surface area contributed by atoms with Crippen molar-refractivity contribution in [3.05, 3.63) is 72.8 Å². The van der Waals surface area contributed by atoms with E-state index in [1.54, 1.807) is 18.6 Å². The van der Waals surface area contributed by atoms with Crippen LogP contribution in [0.25, 0.3) is 10.9 Å². The molecule has 0 unspecified atom stereocenters. The maximum Gasteiger partial charge on any atom is 0.322 e. The Morgan fingerprint density at radius 2 is 1.71 bits per heavy atom. The molecule has 0 radical (unpaired) electrons. The minimum atomic E-state index is 0.299. The predicted octanol–water partition coefficient (Wildman–Crippen LogP) is 5.10. The van der Waals surface area contributed by atoms with E-state index >= 15 is 0 Å². The third kappa shape index (κ3) is 3.76. The quantitative estimate of drug-likeness (QED) is 0.486. The van der Waals surface area contributed by atoms with Crippen molar-refractivity contribution < 1.29 is 4.74 Å². The fourth-order valence-corrected chi connectivity index (χ4v) is 2.82. The highest BCUT2D eigenvalue weighted by atomic mass is 16.5. The Morgan fingerprint density at radius 1 is 0.893 bits per heavy atom. The molecule has 0 aliphatic rings. The summed E-state index contributed by atoms with van der Waals surface area (Å²) in [7, 11) is 1.99. The van der Waals surface area contributed by atoms with E-state index in [1.807, 2.05) is 54.5 Å². The third-order valence-electron chi connectivity index (χ3n) is 4.58. The molecule has 0 aliphatic heterocycles. The molecule has 0 amide bonds. The van der Waals surface area contributed by atoms with Gasteiger partial charge in [0.05, 0.1) is 11.7 Å². The highest BCUT2D eigenvalue weighted by molar-refractivity contribution is 5.76. The molecule has 0 bridgehead atoms. The summed E-state index contributed by atoms with van der Waals surface area (Å²) >= 11 is 0. The highest BCUT2D eigenvalue weighted by Crippen LogP contribution is 2.27. The summed E-state index contributed by atoms with van der Waals surface area (Å²) in [4.78, 5) is 19.3. The van der Waals surface area contributed by atoms with E-state index in [0.717, 1.165) is 22.4 Å². The van der Waals surface area contributed by atoms with Gasteiger partial charge >= 0.3 is 6.01 Å². The van der Waals surface area contributed by atoms with Crippen LogP contribution in [0.3, 0.4) is 0 Å². The zero-order chi connectivity index (χ0) is 19.5. The van der Waals surface area contributed by atoms with E-state index in [1.165, 1.54) is 5.56 Å². The van der Waals surface area contributed by atoms with Crippen LogP contribution < -0.4 is 9.64 Å². The molecule has 3 aromatic heterocycles. The average Bonchev–Trinajstić information content (AvgIpc) is 2.74. The van der Waals surface area contributed by atoms with Gasteiger partial charge in [0, 0.05) is 36.7 Å². The first-order valence-corrected chi connectivity index (χ1v) is 9.14. The lowest BCUT2D eigenvalue weighted by Gasteiger charge is -2.19. The van der Waals surface area contributed by atoms with Crippen molar-refractivity contribution in [2.24, 2.45) is 0 Å². The maximum atomic E-state index is 5.78. The zero-order valence-electron chi connectivity index (χ0n) is 16.1. The maximum absolute atomic E-state index is 5.78. The topological polar surface area (TPSA) is 64.0 Å². The Balaban J connectivity index is 1.49. The number of rotatable bonds is 5. The number of hydrogen-bond donors (Lipinski definition) is 0. The molecule has 0 N–H and O–H groups in total. The monoisotopic (exact) mass is 371 g/mol. The van der Waals surface area contributed by atoms with Gasteiger partial charge < -0.3 is 9.64 Å². The second kappa shape index (κ2) is 7.60. The van der Waals surface area contributed by atoms with Crippen molar-refractivity contribution in [1.82, 2.24) is 19.9 Å². The van der Waals surface area contributed by atoms with Gasteiger partial charge in [-0.15, -0.1) is 0 Å². The van der Waals surface area contributed by atoms with E-state index in [-0.39, 0.29) is 0 Å². The number of aromatic nitrogens is 4. The molecular weight excluding hydrogens is 350 g/mol. The number of anilines is 2. The molecule has 0 spiro atoms. The molecule has 6 heteroatoms. The molecule has 3 heterocycles. The van der Waals surface area contributed by atoms with Gasteiger partial charge in [-0.2, -0.15) is 4.98 Å². The molecule has 4 rings (SSSR count). The Labute approximate surface area is 163 Å². The van der Waals surface area contributed by atoms with E-state index < -0.39 is 0 Å². The largest absolute Gasteiger partial charge is 0.424 e. The van der Waals surface area contributed by atoms with Crippen molar-refractivity contribution in [3.63, 3.8) is 0 Å². The van der Waals surface area contributed by atoms with Crippen LogP contribution in [0, 0.1) is 0 Å². The van der Waals surface area contributed by atoms with Crippen molar-refractivity contribution in [2.75, 3.05) is 11.9 Å². The lowest BCUT2D eigenvalue weighted by molar-refractivity contribution is 0.444. The first-order chi connectivity index (χ1) is 13.6. The molecule has 6 nitrogen and oxygen atoms in total. The SMILES string of the molecule is CC(C)c1ccc(N(C)c2ccc(Oc3ncc4ccncc4n3)cc2)nc1. The van der Waals surface area contributed by atoms with E-state index in [2.05, 4.69) is 39.8 Å². The molecule has 0 fully saturated rings. The molecule has 0 saturated heterocycles. The second-order valence-corrected chi connectivity index (χ2v) is 6.85. The van der Waals surface area contributed by atoms with Crippen molar-refractivity contribution in [2.45, 2.75) is 19.8 Å². The number of fused-ring (bicyclic) bond motifs is 1. The highest BCUT2D eigenvalue weighted by Gasteiger charge is 2.08. The van der Waals surface area contributed by atoms with E-state index in [9.17, 15) is 0 Å². The van der Waals surface area contributed by atoms with Crippen LogP contribution >= 0.6 is 0 Å². The first-order valence-electron chi connectivity index (χ1n) is 9.14. The van der Waals surface area contributed by atoms with E-state index in [4.69, 9.17) is 4.74 Å². The molecule has 0 saturated carbocycles. The number of ether oxygens (including phenoxy) is 1. The molecule has 0 aliphatic carbocycles. The zero-order valence-corrected chi connectivity index (χ0v) is 16.1. The van der Waals surface area contributed by atoms with Crippen LogP contribution in [-0.4, -0.2) is 27.0 Å². The van der Waals surface area contributed by atoms with Gasteiger partial charge in [-0.25, -0.2) is 9.97 Å². The summed E-state index contributed by atoms with van der Waals surface area (Å²) in [6.45, 7) is 4.32. The lowest BCUT2D eigenvalue weighted by Crippen LogP contribution is -2.11. The first kappa shape index (κ1) is 17.9. The molecule has 0 atom stereocenters. The predicted molar refractivity (Wildman–Crippen MR) is 110 cm³/mol. The summed E-state index contributed by atoms with van der Waals surface area (Å²) < 4.78 is 5.78. The van der Waals surface area contributed by atoms with Crippen molar-refractivity contribution >= 4 is 22.4 Å². The lowest BCUT2D eigenvalue weighted by atomic mass is 10.1. The normalized spacial score (nSPS) is 11.0. The van der Waals surface area contributed by atoms with Gasteiger partial charge in [-0.3, -0.25) is 4.98 Å². The van der Waals surface area contributed by atoms with Crippen LogP contribution in [-0.2, 0) is 0 Å². The van der Waals surface area contributed by atoms with Crippen LogP contribution in [0.1, 0.15) is 25.3 Å². The van der Waals surface area contributed by atoms with Gasteiger partial charge in [-0.1, -0.05) is 19.9 Å². The fraction of sp³-hybridized carbons (Fsp3) is 0.182. The van der Waals surface area contributed by atoms with Gasteiger partial charge in [0.2, 0.25) is 0 Å². The van der Waals surface area contributed by atoms with Crippen molar-refractivity contribution in [1.29, 1.82) is 0 Å². The number of pyridine rings is 2. The number of benzene rings is 1. The molecular formula is C22H21N5O. The molecule has 1 aromatic carbocycles. The van der Waals surface area contributed by atoms with Crippen LogP contribution in [0.2, 0.25) is 0 Å². The smallest absolute Gasteiger partial charge is 0.322 e. The van der Waals surface area contributed by atoms with Crippen LogP contribution in [0.15, 0.2) is 67.3 Å². The van der Waals surface area contributed by atoms with Gasteiger partial charge in [0.15, 0.2) is 0 Å². The van der Waals surface area contributed by atoms with Gasteiger partial charge in [-0.05, 0) is 47.9 Å². The Morgan fingerprint density at radius 3 is 2.43 bits per heavy atom. The summed E-state index contributed by atoms with van der Waals surface area (Å²) in [6.07, 6.45) is 7.07. The average molecular weight is 371 g/mol. The number of hydrogen-bond acceptors (Lipinski definition) is 6. The van der Waals surface area contributed by atoms with Gasteiger partial charge in [0.25, 0.3) is 0 Å². The molecule has 4 aromatic rings. The summed E-state index contributed by atoms with van der Waals surface area (Å²) in [5, 5.41) is 0.926. The minimum Gasteiger partial charge on any atom is -0.424 e. The summed E-state index contributed by atoms with van der Waals surface area (Å²) in [5.41, 5.74) is 2.99. The standard InChI is InChI=1S/C22H21N5O/c1-15(2)16-4-9-21(24-12-16)27(3)18-5-7-19(8-6-18)28-22-25-13-17-10-11-23-14-20(17)26-22/h4-15H,1-3H3. The second-order valence-electron chi connectivity index (χ2n) is 6.85. The third-order valence-corrected chi connectivity index (χ3v) is 4.58. The summed E-state index contributed by atoms with van der Waals surface area (Å²) in [5.74, 6) is 2.03. The van der Waals surface area contributed by atoms with Crippen molar-refractivity contribution in [3.8, 4) is 11.8 Å². The Kier molecular flexibility index (Phi) is 4.85. The Hall–Kier alpha value is -3.54. The minimum absolute atomic E-state index is 0.299. The summed E-state index contributed by atoms with van der Waals surface area (Å²) in [6, 6.07) is 14.1. The molecule has 140 valence electrons. The molecule has 28 heavy (non-hydrogen) atoms. The van der Waals surface area contributed by atoms with E-state index in [0.29, 0.717) is 17.7 Å². The van der Waals surface area contributed by atoms with Crippen LogP contribution in [0.5, 0.6) is 11.8 Å². The van der Waals surface area contributed by atoms with Gasteiger partial charge in [0.1, 0.15) is 11.6 Å². The number of nitrogens with zero attached hydrogens (tertiary/aromatic N) is 5. The van der Waals surface area contributed by atoms with Crippen LogP contribution in [0.4, 0.5) is 11.5 Å². The fourth-order valence-electron chi connectivity index (χ4n) is 2.82.